The summed E-state index contributed by atoms with van der Waals surface area (Å²) in [5, 5.41) is 23.0. The van der Waals surface area contributed by atoms with E-state index in [1.807, 2.05) is 6.07 Å². The fourth-order valence-corrected chi connectivity index (χ4v) is 7.15. The predicted octanol–water partition coefficient (Wildman–Crippen LogP) is 4.46. The molecule has 0 unspecified atom stereocenters. The quantitative estimate of drug-likeness (QED) is 0.737. The maximum Gasteiger partial charge on any atom is 0.226 e. The first-order chi connectivity index (χ1) is 13.0. The van der Waals surface area contributed by atoms with Crippen molar-refractivity contribution < 1.29 is 15.0 Å². The number of phenolic OH excluding ortho intramolecular Hbond substituents is 2. The first-order valence-electron chi connectivity index (χ1n) is 10.8. The lowest BCUT2D eigenvalue weighted by molar-refractivity contribution is -0.147. The van der Waals surface area contributed by atoms with Crippen LogP contribution in [0.4, 0.5) is 0 Å². The molecule has 3 N–H and O–H groups in total. The summed E-state index contributed by atoms with van der Waals surface area (Å²) >= 11 is 0. The lowest BCUT2D eigenvalue weighted by atomic mass is 9.49. The van der Waals surface area contributed by atoms with Crippen LogP contribution in [0, 0.1) is 23.2 Å². The van der Waals surface area contributed by atoms with Gasteiger partial charge in [-0.1, -0.05) is 6.07 Å². The Kier molecular flexibility index (Phi) is 4.14. The van der Waals surface area contributed by atoms with Gasteiger partial charge in [0, 0.05) is 17.5 Å². The average Bonchev–Trinajstić information content (AvgIpc) is 2.61. The van der Waals surface area contributed by atoms with Crippen LogP contribution in [-0.2, 0) is 4.79 Å². The lowest BCUT2D eigenvalue weighted by Gasteiger charge is -2.56. The highest BCUT2D eigenvalue weighted by atomic mass is 16.3. The molecule has 0 heterocycles. The van der Waals surface area contributed by atoms with Gasteiger partial charge in [0.2, 0.25) is 5.91 Å². The Morgan fingerprint density at radius 1 is 0.926 bits per heavy atom. The van der Waals surface area contributed by atoms with Gasteiger partial charge >= 0.3 is 0 Å². The van der Waals surface area contributed by atoms with Gasteiger partial charge in [-0.15, -0.1) is 0 Å². The molecule has 4 nitrogen and oxygen atoms in total. The summed E-state index contributed by atoms with van der Waals surface area (Å²) in [5.74, 6) is 3.36. The van der Waals surface area contributed by atoms with Crippen molar-refractivity contribution in [3.05, 3.63) is 23.8 Å². The van der Waals surface area contributed by atoms with Crippen LogP contribution in [0.15, 0.2) is 18.2 Å². The molecule has 0 aliphatic heterocycles. The number of aromatic hydroxyl groups is 2. The number of carbonyl (C=O) groups excluding carboxylic acids is 1. The summed E-state index contributed by atoms with van der Waals surface area (Å²) in [6.07, 6.45) is 11.4. The summed E-state index contributed by atoms with van der Waals surface area (Å²) in [4.78, 5) is 13.2. The van der Waals surface area contributed by atoms with Crippen LogP contribution in [0.2, 0.25) is 0 Å². The molecule has 0 atom stereocenters. The third-order valence-corrected chi connectivity index (χ3v) is 8.04. The van der Waals surface area contributed by atoms with Gasteiger partial charge in [0.05, 0.1) is 0 Å². The zero-order chi connectivity index (χ0) is 18.6. The molecule has 0 saturated heterocycles. The molecule has 146 valence electrons. The molecular formula is C23H31NO3. The molecule has 0 spiro atoms. The average molecular weight is 370 g/mol. The van der Waals surface area contributed by atoms with E-state index in [9.17, 15) is 15.0 Å². The molecule has 5 saturated carbocycles. The minimum absolute atomic E-state index is 0.0547. The van der Waals surface area contributed by atoms with Gasteiger partial charge in [0.1, 0.15) is 11.5 Å². The van der Waals surface area contributed by atoms with Crippen LogP contribution in [0.5, 0.6) is 11.5 Å². The normalized spacial score (nSPS) is 40.1. The predicted molar refractivity (Wildman–Crippen MR) is 104 cm³/mol. The van der Waals surface area contributed by atoms with Crippen molar-refractivity contribution in [2.45, 2.75) is 76.2 Å². The van der Waals surface area contributed by atoms with E-state index in [4.69, 9.17) is 0 Å². The number of phenols is 2. The van der Waals surface area contributed by atoms with Crippen LogP contribution in [-0.4, -0.2) is 22.2 Å². The van der Waals surface area contributed by atoms with Crippen LogP contribution >= 0.6 is 0 Å². The van der Waals surface area contributed by atoms with Gasteiger partial charge in [-0.3, -0.25) is 4.79 Å². The molecule has 27 heavy (non-hydrogen) atoms. The highest BCUT2D eigenvalue weighted by molar-refractivity contribution is 5.83. The first-order valence-corrected chi connectivity index (χ1v) is 10.8. The van der Waals surface area contributed by atoms with Crippen LogP contribution < -0.4 is 5.32 Å². The maximum absolute atomic E-state index is 13.2. The van der Waals surface area contributed by atoms with E-state index in [1.165, 1.54) is 25.3 Å². The van der Waals surface area contributed by atoms with E-state index in [0.717, 1.165) is 68.3 Å². The minimum atomic E-state index is -0.0547. The van der Waals surface area contributed by atoms with Crippen LogP contribution in [0.25, 0.3) is 0 Å². The molecule has 4 bridgehead atoms. The Balaban J connectivity index is 1.20. The third kappa shape index (κ3) is 3.11. The number of hydrogen-bond acceptors (Lipinski definition) is 3. The highest BCUT2D eigenvalue weighted by Crippen LogP contribution is 2.60. The maximum atomic E-state index is 13.2. The molecule has 5 aliphatic carbocycles. The molecule has 0 aromatic heterocycles. The number of amides is 1. The van der Waals surface area contributed by atoms with Gasteiger partial charge in [-0.2, -0.15) is 0 Å². The third-order valence-electron chi connectivity index (χ3n) is 8.04. The topological polar surface area (TPSA) is 69.6 Å². The van der Waals surface area contributed by atoms with E-state index in [-0.39, 0.29) is 23.0 Å². The molecule has 5 aliphatic rings. The van der Waals surface area contributed by atoms with Crippen molar-refractivity contribution >= 4 is 5.91 Å². The zero-order valence-corrected chi connectivity index (χ0v) is 16.0. The summed E-state index contributed by atoms with van der Waals surface area (Å²) in [7, 11) is 0. The van der Waals surface area contributed by atoms with Crippen molar-refractivity contribution in [1.29, 1.82) is 0 Å². The SMILES string of the molecule is O=C(NC1CCC(c2ccc(O)cc2O)CC1)C12CC3CC(CC(C3)C1)C2. The molecule has 1 aromatic carbocycles. The molecule has 6 rings (SSSR count). The summed E-state index contributed by atoms with van der Waals surface area (Å²) in [5.41, 5.74) is 0.875. The Morgan fingerprint density at radius 3 is 2.07 bits per heavy atom. The van der Waals surface area contributed by atoms with E-state index < -0.39 is 0 Å². The summed E-state index contributed by atoms with van der Waals surface area (Å²) in [6, 6.07) is 5.19. The van der Waals surface area contributed by atoms with E-state index in [1.54, 1.807) is 6.07 Å². The molecular weight excluding hydrogens is 338 g/mol. The molecule has 1 aromatic rings. The van der Waals surface area contributed by atoms with Gasteiger partial charge in [-0.05, 0) is 99.5 Å². The van der Waals surface area contributed by atoms with Crippen molar-refractivity contribution in [2.75, 3.05) is 0 Å². The second-order valence-corrected chi connectivity index (χ2v) is 9.96. The van der Waals surface area contributed by atoms with E-state index >= 15 is 0 Å². The standard InChI is InChI=1S/C23H31NO3/c25-19-5-6-20(21(26)10-19)17-1-3-18(4-2-17)24-22(27)23-11-14-7-15(12-23)9-16(8-14)13-23/h5-6,10,14-18,25-26H,1-4,7-9,11-13H2,(H,24,27). The van der Waals surface area contributed by atoms with Crippen LogP contribution in [0.1, 0.15) is 75.7 Å². The molecule has 4 heteroatoms. The molecule has 0 radical (unpaired) electrons. The minimum Gasteiger partial charge on any atom is -0.508 e. The van der Waals surface area contributed by atoms with Crippen molar-refractivity contribution in [2.24, 2.45) is 23.2 Å². The number of benzene rings is 1. The Hall–Kier alpha value is -1.71. The van der Waals surface area contributed by atoms with Gasteiger partial charge in [-0.25, -0.2) is 0 Å². The number of rotatable bonds is 3. The van der Waals surface area contributed by atoms with Gasteiger partial charge < -0.3 is 15.5 Å². The second kappa shape index (κ2) is 6.42. The largest absolute Gasteiger partial charge is 0.508 e. The molecule has 5 fully saturated rings. The van der Waals surface area contributed by atoms with E-state index in [2.05, 4.69) is 5.32 Å². The van der Waals surface area contributed by atoms with E-state index in [0.29, 0.717) is 11.8 Å². The fourth-order valence-electron chi connectivity index (χ4n) is 7.15. The van der Waals surface area contributed by atoms with Crippen molar-refractivity contribution in [1.82, 2.24) is 5.32 Å². The second-order valence-electron chi connectivity index (χ2n) is 9.96. The van der Waals surface area contributed by atoms with Gasteiger partial charge in [0.25, 0.3) is 0 Å². The summed E-state index contributed by atoms with van der Waals surface area (Å²) in [6.45, 7) is 0. The van der Waals surface area contributed by atoms with Crippen molar-refractivity contribution in [3.8, 4) is 11.5 Å². The molecule has 1 amide bonds. The number of nitrogens with one attached hydrogen (secondary N) is 1. The number of carbonyl (C=O) groups is 1. The van der Waals surface area contributed by atoms with Crippen molar-refractivity contribution in [3.63, 3.8) is 0 Å². The number of hydrogen-bond donors (Lipinski definition) is 3. The smallest absolute Gasteiger partial charge is 0.226 e. The first kappa shape index (κ1) is 17.4. The Morgan fingerprint density at radius 2 is 1.52 bits per heavy atom. The fraction of sp³-hybridized carbons (Fsp3) is 0.696. The lowest BCUT2D eigenvalue weighted by Crippen LogP contribution is -2.55. The monoisotopic (exact) mass is 369 g/mol. The Labute approximate surface area is 161 Å². The highest BCUT2D eigenvalue weighted by Gasteiger charge is 2.54. The Bertz CT molecular complexity index is 700. The van der Waals surface area contributed by atoms with Crippen LogP contribution in [0.3, 0.4) is 0 Å². The summed E-state index contributed by atoms with van der Waals surface area (Å²) < 4.78 is 0. The van der Waals surface area contributed by atoms with Gasteiger partial charge in [0.15, 0.2) is 0 Å². The zero-order valence-electron chi connectivity index (χ0n) is 16.0.